The fourth-order valence-corrected chi connectivity index (χ4v) is 4.12. The Morgan fingerprint density at radius 2 is 1.97 bits per heavy atom. The van der Waals surface area contributed by atoms with Crippen molar-refractivity contribution in [3.63, 3.8) is 0 Å². The summed E-state index contributed by atoms with van der Waals surface area (Å²) in [7, 11) is 3.48. The van der Waals surface area contributed by atoms with Crippen LogP contribution in [-0.2, 0) is 13.5 Å². The minimum Gasteiger partial charge on any atom is -0.495 e. The van der Waals surface area contributed by atoms with Crippen molar-refractivity contribution in [3.05, 3.63) is 70.6 Å². The van der Waals surface area contributed by atoms with Crippen LogP contribution in [0.1, 0.15) is 47.6 Å². The van der Waals surface area contributed by atoms with E-state index < -0.39 is 0 Å². The zero-order valence-electron chi connectivity index (χ0n) is 18.7. The third-order valence-electron chi connectivity index (χ3n) is 5.58. The zero-order chi connectivity index (χ0) is 23.3. The number of Topliss-reactive ketones (excluding diaryl/α,β-unsaturated/α-hetero) is 1. The van der Waals surface area contributed by atoms with Gasteiger partial charge in [-0.2, -0.15) is 0 Å². The van der Waals surface area contributed by atoms with Gasteiger partial charge in [0.25, 0.3) is 0 Å². The third-order valence-corrected chi connectivity index (χ3v) is 5.87. The van der Waals surface area contributed by atoms with Crippen molar-refractivity contribution in [2.45, 2.75) is 32.2 Å². The number of carbonyl (C=O) groups excluding carboxylic acids is 1. The van der Waals surface area contributed by atoms with E-state index in [-0.39, 0.29) is 24.3 Å². The number of halogens is 1. The average Bonchev–Trinajstić information content (AvgIpc) is 3.16. The van der Waals surface area contributed by atoms with E-state index in [1.165, 1.54) is 7.11 Å². The first-order valence-corrected chi connectivity index (χ1v) is 11.1. The quantitative estimate of drug-likeness (QED) is 0.436. The second-order valence-corrected chi connectivity index (χ2v) is 8.55. The lowest BCUT2D eigenvalue weighted by molar-refractivity contribution is 0.0953. The first-order valence-electron chi connectivity index (χ1n) is 10.7. The van der Waals surface area contributed by atoms with Crippen LogP contribution in [0, 0.1) is 5.92 Å². The molecule has 7 heteroatoms. The Morgan fingerprint density at radius 3 is 2.53 bits per heavy atom. The highest BCUT2D eigenvalue weighted by Crippen LogP contribution is 2.27. The molecule has 3 rings (SSSR count). The van der Waals surface area contributed by atoms with Crippen LogP contribution in [0.5, 0.6) is 5.75 Å². The summed E-state index contributed by atoms with van der Waals surface area (Å²) in [6.07, 6.45) is 3.56. The molecule has 0 saturated carbocycles. The van der Waals surface area contributed by atoms with Crippen LogP contribution in [0.3, 0.4) is 0 Å². The molecule has 1 heterocycles. The average molecular weight is 456 g/mol. The van der Waals surface area contributed by atoms with Crippen molar-refractivity contribution in [1.82, 2.24) is 9.55 Å². The Balaban J connectivity index is 1.70. The van der Waals surface area contributed by atoms with E-state index in [1.807, 2.05) is 36.9 Å². The summed E-state index contributed by atoms with van der Waals surface area (Å²) in [4.78, 5) is 17.4. The lowest BCUT2D eigenvalue weighted by atomic mass is 9.89. The van der Waals surface area contributed by atoms with Crippen LogP contribution in [0.2, 0.25) is 5.02 Å². The zero-order valence-corrected chi connectivity index (χ0v) is 19.5. The number of methoxy groups -OCH3 is 1. The fraction of sp³-hybridized carbons (Fsp3) is 0.360. The molecule has 2 aromatic carbocycles. The number of ketones is 1. The number of aromatic nitrogens is 2. The van der Waals surface area contributed by atoms with Gasteiger partial charge in [-0.1, -0.05) is 35.9 Å². The number of aliphatic hydroxyl groups is 1. The largest absolute Gasteiger partial charge is 0.495 e. The molecule has 6 nitrogen and oxygen atoms in total. The Kier molecular flexibility index (Phi) is 8.07. The van der Waals surface area contributed by atoms with Crippen molar-refractivity contribution < 1.29 is 14.6 Å². The molecule has 32 heavy (non-hydrogen) atoms. The molecule has 1 aromatic heterocycles. The standard InChI is InChI=1S/C25H30ClN3O3/c1-16(27)25-28-22(15-29(25)2)19-6-4-17(5-7-19)12-18(10-11-30)13-23(31)20-8-9-24(32-3)21(26)14-20/h4-9,14-16,18,30H,10-13,27H2,1-3H3/t16?,18-/m1/s1. The van der Waals surface area contributed by atoms with Gasteiger partial charge >= 0.3 is 0 Å². The molecular formula is C25H30ClN3O3. The van der Waals surface area contributed by atoms with Crippen molar-refractivity contribution in [2.75, 3.05) is 13.7 Å². The van der Waals surface area contributed by atoms with Crippen LogP contribution in [0.4, 0.5) is 0 Å². The predicted octanol–water partition coefficient (Wildman–Crippen LogP) is 4.58. The summed E-state index contributed by atoms with van der Waals surface area (Å²) in [5, 5.41) is 9.92. The van der Waals surface area contributed by atoms with E-state index in [0.29, 0.717) is 35.6 Å². The molecule has 0 spiro atoms. The number of ether oxygens (including phenoxy) is 1. The molecule has 3 N–H and O–H groups in total. The van der Waals surface area contributed by atoms with Crippen molar-refractivity contribution in [3.8, 4) is 17.0 Å². The summed E-state index contributed by atoms with van der Waals surface area (Å²) in [5.41, 5.74) is 9.52. The molecule has 0 aliphatic heterocycles. The molecule has 170 valence electrons. The van der Waals surface area contributed by atoms with Crippen LogP contribution in [-0.4, -0.2) is 34.2 Å². The van der Waals surface area contributed by atoms with Gasteiger partial charge in [0.05, 0.1) is 23.9 Å². The molecule has 0 aliphatic carbocycles. The van der Waals surface area contributed by atoms with Gasteiger partial charge in [0.15, 0.2) is 5.78 Å². The summed E-state index contributed by atoms with van der Waals surface area (Å²) >= 11 is 6.16. The molecule has 0 aliphatic rings. The highest BCUT2D eigenvalue weighted by Gasteiger charge is 2.17. The van der Waals surface area contributed by atoms with E-state index in [9.17, 15) is 9.90 Å². The number of imidazole rings is 1. The first kappa shape index (κ1) is 24.0. The minimum atomic E-state index is -0.134. The number of aliphatic hydroxyl groups excluding tert-OH is 1. The number of rotatable bonds is 10. The third kappa shape index (κ3) is 5.76. The molecule has 0 fully saturated rings. The lowest BCUT2D eigenvalue weighted by Crippen LogP contribution is -2.13. The van der Waals surface area contributed by atoms with E-state index in [4.69, 9.17) is 22.1 Å². The van der Waals surface area contributed by atoms with Gasteiger partial charge in [-0.05, 0) is 49.4 Å². The van der Waals surface area contributed by atoms with Gasteiger partial charge in [-0.3, -0.25) is 4.79 Å². The van der Waals surface area contributed by atoms with Gasteiger partial charge in [0, 0.05) is 37.4 Å². The molecule has 3 aromatic rings. The Hall–Kier alpha value is -2.67. The monoisotopic (exact) mass is 455 g/mol. The molecule has 1 unspecified atom stereocenters. The van der Waals surface area contributed by atoms with E-state index in [2.05, 4.69) is 17.1 Å². The molecule has 0 bridgehead atoms. The number of hydrogen-bond donors (Lipinski definition) is 2. The van der Waals surface area contributed by atoms with Gasteiger partial charge in [-0.15, -0.1) is 0 Å². The maximum atomic E-state index is 12.8. The van der Waals surface area contributed by atoms with Gasteiger partial charge in [0.1, 0.15) is 11.6 Å². The summed E-state index contributed by atoms with van der Waals surface area (Å²) < 4.78 is 7.10. The molecule has 0 saturated heterocycles. The van der Waals surface area contributed by atoms with Crippen molar-refractivity contribution in [2.24, 2.45) is 18.7 Å². The number of nitrogens with two attached hydrogens (primary N) is 1. The Labute approximate surface area is 194 Å². The van der Waals surface area contributed by atoms with E-state index in [0.717, 1.165) is 22.6 Å². The smallest absolute Gasteiger partial charge is 0.163 e. The molecule has 0 radical (unpaired) electrons. The first-order chi connectivity index (χ1) is 15.3. The fourth-order valence-electron chi connectivity index (χ4n) is 3.87. The van der Waals surface area contributed by atoms with E-state index in [1.54, 1.807) is 18.2 Å². The summed E-state index contributed by atoms with van der Waals surface area (Å²) in [5.74, 6) is 1.40. The highest BCUT2D eigenvalue weighted by atomic mass is 35.5. The van der Waals surface area contributed by atoms with Gasteiger partial charge in [0.2, 0.25) is 0 Å². The molecule has 2 atom stereocenters. The van der Waals surface area contributed by atoms with Gasteiger partial charge < -0.3 is 20.1 Å². The van der Waals surface area contributed by atoms with Crippen LogP contribution in [0.15, 0.2) is 48.7 Å². The van der Waals surface area contributed by atoms with E-state index >= 15 is 0 Å². The SMILES string of the molecule is COc1ccc(C(=O)C[C@H](CCO)Cc2ccc(-c3cn(C)c(C(C)N)n3)cc2)cc1Cl. The lowest BCUT2D eigenvalue weighted by Gasteiger charge is -2.16. The van der Waals surface area contributed by atoms with Crippen molar-refractivity contribution >= 4 is 17.4 Å². The maximum absolute atomic E-state index is 12.8. The maximum Gasteiger partial charge on any atom is 0.163 e. The second kappa shape index (κ2) is 10.8. The number of hydrogen-bond acceptors (Lipinski definition) is 5. The Bertz CT molecular complexity index is 1060. The highest BCUT2D eigenvalue weighted by molar-refractivity contribution is 6.32. The van der Waals surface area contributed by atoms with Crippen LogP contribution < -0.4 is 10.5 Å². The summed E-state index contributed by atoms with van der Waals surface area (Å²) in [6, 6.07) is 13.1. The number of benzene rings is 2. The minimum absolute atomic E-state index is 0.00143. The van der Waals surface area contributed by atoms with Gasteiger partial charge in [-0.25, -0.2) is 4.98 Å². The normalized spacial score (nSPS) is 13.1. The summed E-state index contributed by atoms with van der Waals surface area (Å²) in [6.45, 7) is 1.95. The predicted molar refractivity (Wildman–Crippen MR) is 127 cm³/mol. The van der Waals surface area contributed by atoms with Crippen LogP contribution in [0.25, 0.3) is 11.3 Å². The topological polar surface area (TPSA) is 90.4 Å². The number of nitrogens with zero attached hydrogens (tertiary/aromatic N) is 2. The van der Waals surface area contributed by atoms with Crippen LogP contribution >= 0.6 is 11.6 Å². The molecule has 0 amide bonds. The molecular weight excluding hydrogens is 426 g/mol. The Morgan fingerprint density at radius 1 is 1.25 bits per heavy atom. The second-order valence-electron chi connectivity index (χ2n) is 8.14. The number of aryl methyl sites for hydroxylation is 1. The number of carbonyl (C=O) groups is 1. The van der Waals surface area contributed by atoms with Crippen molar-refractivity contribution in [1.29, 1.82) is 0 Å².